The third kappa shape index (κ3) is 4.45. The summed E-state index contributed by atoms with van der Waals surface area (Å²) in [4.78, 5) is 5.12. The molecule has 166 valence electrons. The minimum atomic E-state index is 0.774. The fraction of sp³-hybridized carbons (Fsp3) is 0.280. The highest BCUT2D eigenvalue weighted by Gasteiger charge is 2.15. The Kier molecular flexibility index (Phi) is 6.67. The monoisotopic (exact) mass is 447 g/mol. The molecule has 2 aromatic heterocycles. The Hall–Kier alpha value is -3.03. The fourth-order valence-electron chi connectivity index (χ4n) is 3.92. The van der Waals surface area contributed by atoms with Crippen LogP contribution in [0.5, 0.6) is 0 Å². The van der Waals surface area contributed by atoms with E-state index in [9.17, 15) is 0 Å². The van der Waals surface area contributed by atoms with E-state index in [0.29, 0.717) is 0 Å². The summed E-state index contributed by atoms with van der Waals surface area (Å²) in [5.74, 6) is 1.67. The van der Waals surface area contributed by atoms with Crippen LogP contribution in [0, 0.1) is 20.8 Å². The predicted molar refractivity (Wildman–Crippen MR) is 131 cm³/mol. The maximum atomic E-state index is 5.12. The van der Waals surface area contributed by atoms with Gasteiger partial charge in [-0.15, -0.1) is 10.2 Å². The van der Waals surface area contributed by atoms with Crippen LogP contribution in [-0.4, -0.2) is 26.4 Å². The molecule has 0 aliphatic carbocycles. The highest BCUT2D eigenvalue weighted by Crippen LogP contribution is 2.30. The standard InChI is InChI=1S/C25H29N5OS/c1-6-29-24(20-10-12-22(13-11-20)30-18(3)8-9-19(30)4)26-27-25(29)32-16-21-15-17(2)7-14-23(21)28-31-5/h7-15,28H,6,16H2,1-5H3. The molecule has 0 spiro atoms. The van der Waals surface area contributed by atoms with Gasteiger partial charge in [0, 0.05) is 34.9 Å². The van der Waals surface area contributed by atoms with Crippen molar-refractivity contribution >= 4 is 17.4 Å². The summed E-state index contributed by atoms with van der Waals surface area (Å²) >= 11 is 1.68. The second kappa shape index (κ2) is 9.63. The summed E-state index contributed by atoms with van der Waals surface area (Å²) in [6.07, 6.45) is 0. The summed E-state index contributed by atoms with van der Waals surface area (Å²) in [6, 6.07) is 19.1. The number of thioether (sulfide) groups is 1. The van der Waals surface area contributed by atoms with Gasteiger partial charge in [-0.05, 0) is 75.7 Å². The number of hydrogen-bond acceptors (Lipinski definition) is 5. The quantitative estimate of drug-likeness (QED) is 0.267. The van der Waals surface area contributed by atoms with E-state index in [1.54, 1.807) is 18.9 Å². The summed E-state index contributed by atoms with van der Waals surface area (Å²) in [7, 11) is 1.63. The van der Waals surface area contributed by atoms with E-state index in [1.807, 2.05) is 6.07 Å². The van der Waals surface area contributed by atoms with Crippen LogP contribution in [-0.2, 0) is 17.1 Å². The van der Waals surface area contributed by atoms with Crippen molar-refractivity contribution in [2.24, 2.45) is 0 Å². The largest absolute Gasteiger partial charge is 0.319 e. The van der Waals surface area contributed by atoms with Gasteiger partial charge in [0.15, 0.2) is 11.0 Å². The van der Waals surface area contributed by atoms with E-state index < -0.39 is 0 Å². The first-order valence-corrected chi connectivity index (χ1v) is 11.7. The smallest absolute Gasteiger partial charge is 0.191 e. The van der Waals surface area contributed by atoms with Crippen molar-refractivity contribution < 1.29 is 4.84 Å². The Labute approximate surface area is 193 Å². The molecule has 2 heterocycles. The van der Waals surface area contributed by atoms with Crippen molar-refractivity contribution in [3.05, 3.63) is 77.1 Å². The van der Waals surface area contributed by atoms with Crippen LogP contribution in [0.2, 0.25) is 0 Å². The molecular formula is C25H29N5OS. The second-order valence-corrected chi connectivity index (χ2v) is 8.75. The lowest BCUT2D eigenvalue weighted by molar-refractivity contribution is 0.270. The van der Waals surface area contributed by atoms with Gasteiger partial charge in [-0.25, -0.2) is 0 Å². The number of nitrogens with zero attached hydrogens (tertiary/aromatic N) is 4. The molecule has 4 aromatic rings. The maximum Gasteiger partial charge on any atom is 0.191 e. The van der Waals surface area contributed by atoms with Crippen LogP contribution in [0.25, 0.3) is 17.1 Å². The van der Waals surface area contributed by atoms with Gasteiger partial charge in [0.05, 0.1) is 12.8 Å². The second-order valence-electron chi connectivity index (χ2n) is 7.80. The first-order chi connectivity index (χ1) is 15.5. The van der Waals surface area contributed by atoms with E-state index in [4.69, 9.17) is 4.84 Å². The number of nitrogens with one attached hydrogen (secondary N) is 1. The van der Waals surface area contributed by atoms with Crippen LogP contribution >= 0.6 is 11.8 Å². The molecule has 0 atom stereocenters. The van der Waals surface area contributed by atoms with Crippen molar-refractivity contribution in [3.8, 4) is 17.1 Å². The average molecular weight is 448 g/mol. The molecule has 1 N–H and O–H groups in total. The molecular weight excluding hydrogens is 418 g/mol. The van der Waals surface area contributed by atoms with Gasteiger partial charge < -0.3 is 9.13 Å². The molecule has 7 heteroatoms. The van der Waals surface area contributed by atoms with E-state index in [0.717, 1.165) is 40.2 Å². The first kappa shape index (κ1) is 22.2. The lowest BCUT2D eigenvalue weighted by atomic mass is 10.1. The van der Waals surface area contributed by atoms with Gasteiger partial charge in [-0.1, -0.05) is 29.5 Å². The van der Waals surface area contributed by atoms with Crippen LogP contribution in [0.1, 0.15) is 29.4 Å². The normalized spacial score (nSPS) is 11.2. The molecule has 0 saturated heterocycles. The molecule has 0 aliphatic rings. The Balaban J connectivity index is 1.57. The van der Waals surface area contributed by atoms with Gasteiger partial charge in [0.1, 0.15) is 0 Å². The van der Waals surface area contributed by atoms with Gasteiger partial charge >= 0.3 is 0 Å². The number of benzene rings is 2. The van der Waals surface area contributed by atoms with Crippen molar-refractivity contribution in [1.29, 1.82) is 0 Å². The number of aryl methyl sites for hydroxylation is 3. The van der Waals surface area contributed by atoms with Gasteiger partial charge in [0.2, 0.25) is 0 Å². The molecule has 0 saturated carbocycles. The zero-order valence-corrected chi connectivity index (χ0v) is 20.0. The molecule has 32 heavy (non-hydrogen) atoms. The highest BCUT2D eigenvalue weighted by molar-refractivity contribution is 7.98. The topological polar surface area (TPSA) is 56.9 Å². The Morgan fingerprint density at radius 2 is 1.66 bits per heavy atom. The number of anilines is 1. The Bertz CT molecular complexity index is 1190. The van der Waals surface area contributed by atoms with Crippen LogP contribution in [0.15, 0.2) is 59.8 Å². The maximum absolute atomic E-state index is 5.12. The molecule has 0 unspecified atom stereocenters. The third-order valence-electron chi connectivity index (χ3n) is 5.52. The summed E-state index contributed by atoms with van der Waals surface area (Å²) < 4.78 is 4.42. The first-order valence-electron chi connectivity index (χ1n) is 10.7. The minimum Gasteiger partial charge on any atom is -0.319 e. The van der Waals surface area contributed by atoms with Crippen molar-refractivity contribution in [3.63, 3.8) is 0 Å². The van der Waals surface area contributed by atoms with E-state index in [-0.39, 0.29) is 0 Å². The predicted octanol–water partition coefficient (Wildman–Crippen LogP) is 5.95. The average Bonchev–Trinajstić information content (AvgIpc) is 3.36. The van der Waals surface area contributed by atoms with Crippen molar-refractivity contribution in [1.82, 2.24) is 19.3 Å². The Morgan fingerprint density at radius 1 is 0.938 bits per heavy atom. The molecule has 4 rings (SSSR count). The molecule has 0 aliphatic heterocycles. The molecule has 2 aromatic carbocycles. The van der Waals surface area contributed by atoms with E-state index >= 15 is 0 Å². The van der Waals surface area contributed by atoms with E-state index in [1.165, 1.54) is 22.5 Å². The summed E-state index contributed by atoms with van der Waals surface area (Å²) in [6.45, 7) is 9.28. The number of aromatic nitrogens is 4. The van der Waals surface area contributed by atoms with Crippen LogP contribution in [0.4, 0.5) is 5.69 Å². The molecule has 0 fully saturated rings. The zero-order chi connectivity index (χ0) is 22.7. The number of rotatable bonds is 8. The summed E-state index contributed by atoms with van der Waals surface area (Å²) in [5.41, 5.74) is 11.0. The minimum absolute atomic E-state index is 0.774. The third-order valence-corrected chi connectivity index (χ3v) is 6.53. The van der Waals surface area contributed by atoms with Gasteiger partial charge in [0.25, 0.3) is 0 Å². The number of hydrogen-bond donors (Lipinski definition) is 1. The molecule has 0 amide bonds. The fourth-order valence-corrected chi connectivity index (χ4v) is 4.92. The van der Waals surface area contributed by atoms with Crippen LogP contribution in [0.3, 0.4) is 0 Å². The molecule has 0 bridgehead atoms. The van der Waals surface area contributed by atoms with Crippen molar-refractivity contribution in [2.45, 2.75) is 45.1 Å². The van der Waals surface area contributed by atoms with Gasteiger partial charge in [-0.3, -0.25) is 10.3 Å². The van der Waals surface area contributed by atoms with E-state index in [2.05, 4.69) is 101 Å². The zero-order valence-electron chi connectivity index (χ0n) is 19.2. The Morgan fingerprint density at radius 3 is 2.31 bits per heavy atom. The van der Waals surface area contributed by atoms with Gasteiger partial charge in [-0.2, -0.15) is 0 Å². The molecule has 0 radical (unpaired) electrons. The summed E-state index contributed by atoms with van der Waals surface area (Å²) in [5, 5.41) is 9.93. The lowest BCUT2D eigenvalue weighted by Gasteiger charge is -2.12. The SMILES string of the molecule is CCn1c(SCc2cc(C)ccc2NOC)nnc1-c1ccc(-n2c(C)ccc2C)cc1. The molecule has 6 nitrogen and oxygen atoms in total. The highest BCUT2D eigenvalue weighted by atomic mass is 32.2. The van der Waals surface area contributed by atoms with Crippen LogP contribution < -0.4 is 5.48 Å². The van der Waals surface area contributed by atoms with Crippen molar-refractivity contribution in [2.75, 3.05) is 12.6 Å². The lowest BCUT2D eigenvalue weighted by Crippen LogP contribution is -2.02.